The van der Waals surface area contributed by atoms with Gasteiger partial charge in [0.15, 0.2) is 5.78 Å². The molecule has 0 radical (unpaired) electrons. The quantitative estimate of drug-likeness (QED) is 0.407. The molecule has 1 heterocycles. The Balaban J connectivity index is 2.08. The molecular formula is C19H16O4. The third-order valence-electron chi connectivity index (χ3n) is 3.86. The van der Waals surface area contributed by atoms with Gasteiger partial charge >= 0.3 is 5.97 Å². The van der Waals surface area contributed by atoms with Crippen molar-refractivity contribution in [3.63, 3.8) is 0 Å². The summed E-state index contributed by atoms with van der Waals surface area (Å²) in [5.41, 5.74) is 1.16. The fraction of sp³-hybridized carbons (Fsp3) is 0.158. The second-order valence-electron chi connectivity index (χ2n) is 5.50. The van der Waals surface area contributed by atoms with Gasteiger partial charge in [0.05, 0.1) is 11.3 Å². The first-order valence-corrected chi connectivity index (χ1v) is 7.35. The fourth-order valence-electron chi connectivity index (χ4n) is 2.84. The molecule has 0 spiro atoms. The second-order valence-corrected chi connectivity index (χ2v) is 5.50. The molecule has 4 heteroatoms. The summed E-state index contributed by atoms with van der Waals surface area (Å²) in [5, 5.41) is 9.68. The summed E-state index contributed by atoms with van der Waals surface area (Å²) >= 11 is 0. The van der Waals surface area contributed by atoms with E-state index in [1.165, 1.54) is 13.0 Å². The number of para-hydroxylation sites is 1. The molecule has 116 valence electrons. The molecule has 0 amide bonds. The van der Waals surface area contributed by atoms with Crippen molar-refractivity contribution >= 4 is 11.8 Å². The number of carbonyl (C=O) groups is 2. The lowest BCUT2D eigenvalue weighted by Gasteiger charge is -2.27. The van der Waals surface area contributed by atoms with Crippen LogP contribution < -0.4 is 4.74 Å². The monoisotopic (exact) mass is 308 g/mol. The average molecular weight is 308 g/mol. The molecule has 0 aliphatic carbocycles. The van der Waals surface area contributed by atoms with Gasteiger partial charge in [-0.3, -0.25) is 9.59 Å². The molecule has 1 aliphatic rings. The molecule has 0 fully saturated rings. The summed E-state index contributed by atoms with van der Waals surface area (Å²) in [4.78, 5) is 25.2. The zero-order valence-electron chi connectivity index (χ0n) is 12.6. The predicted molar refractivity (Wildman–Crippen MR) is 85.5 cm³/mol. The first-order chi connectivity index (χ1) is 11.1. The lowest BCUT2D eigenvalue weighted by molar-refractivity contribution is -0.138. The van der Waals surface area contributed by atoms with Gasteiger partial charge < -0.3 is 9.84 Å². The number of Topliss-reactive ketones (excluding diaryl/α,β-unsaturated/α-hetero) is 1. The number of esters is 1. The van der Waals surface area contributed by atoms with Gasteiger partial charge in [0, 0.05) is 5.92 Å². The van der Waals surface area contributed by atoms with Crippen molar-refractivity contribution in [1.82, 2.24) is 0 Å². The summed E-state index contributed by atoms with van der Waals surface area (Å²) in [6.45, 7) is 1.52. The van der Waals surface area contributed by atoms with Crippen LogP contribution in [0.5, 0.6) is 5.75 Å². The van der Waals surface area contributed by atoms with Crippen molar-refractivity contribution in [2.45, 2.75) is 12.8 Å². The predicted octanol–water partition coefficient (Wildman–Crippen LogP) is 3.65. The van der Waals surface area contributed by atoms with Crippen LogP contribution in [0.2, 0.25) is 0 Å². The topological polar surface area (TPSA) is 63.6 Å². The number of benzene rings is 2. The van der Waals surface area contributed by atoms with Gasteiger partial charge in [-0.25, -0.2) is 0 Å². The Bertz CT molecular complexity index is 773. The van der Waals surface area contributed by atoms with Crippen molar-refractivity contribution in [3.8, 4) is 5.75 Å². The van der Waals surface area contributed by atoms with Gasteiger partial charge in [0.2, 0.25) is 0 Å². The molecule has 0 saturated heterocycles. The van der Waals surface area contributed by atoms with E-state index in [2.05, 4.69) is 0 Å². The highest BCUT2D eigenvalue weighted by Gasteiger charge is 2.41. The number of carbonyl (C=O) groups excluding carboxylic acids is 2. The SMILES string of the molecule is C/C(O)=C/C(c1ccccc1)C1C(=O)Oc2ccccc2C1=O. The molecule has 23 heavy (non-hydrogen) atoms. The molecule has 2 atom stereocenters. The summed E-state index contributed by atoms with van der Waals surface area (Å²) in [6.07, 6.45) is 1.52. The van der Waals surface area contributed by atoms with E-state index in [1.807, 2.05) is 30.3 Å². The standard InChI is InChI=1S/C19H16O4/c1-12(20)11-15(13-7-3-2-4-8-13)17-18(21)14-9-5-6-10-16(14)23-19(17)22/h2-11,15,17,20H,1H3/b12-11-. The van der Waals surface area contributed by atoms with E-state index >= 15 is 0 Å². The third kappa shape index (κ3) is 2.88. The Labute approximate surface area is 134 Å². The summed E-state index contributed by atoms with van der Waals surface area (Å²) in [7, 11) is 0. The maximum Gasteiger partial charge on any atom is 0.323 e. The van der Waals surface area contributed by atoms with Gasteiger partial charge in [-0.2, -0.15) is 0 Å². The smallest absolute Gasteiger partial charge is 0.323 e. The van der Waals surface area contributed by atoms with Crippen LogP contribution in [-0.2, 0) is 4.79 Å². The van der Waals surface area contributed by atoms with Crippen molar-refractivity contribution in [3.05, 3.63) is 77.6 Å². The van der Waals surface area contributed by atoms with Crippen LogP contribution in [-0.4, -0.2) is 16.9 Å². The number of aliphatic hydroxyl groups is 1. The lowest BCUT2D eigenvalue weighted by Crippen LogP contribution is -2.37. The van der Waals surface area contributed by atoms with Crippen LogP contribution in [0.1, 0.15) is 28.8 Å². The highest BCUT2D eigenvalue weighted by Crippen LogP contribution is 2.36. The molecule has 2 aromatic carbocycles. The van der Waals surface area contributed by atoms with Crippen molar-refractivity contribution in [2.75, 3.05) is 0 Å². The average Bonchev–Trinajstić information content (AvgIpc) is 2.54. The highest BCUT2D eigenvalue weighted by atomic mass is 16.5. The van der Waals surface area contributed by atoms with Crippen LogP contribution in [0.25, 0.3) is 0 Å². The Morgan fingerprint density at radius 2 is 1.74 bits per heavy atom. The zero-order chi connectivity index (χ0) is 16.4. The molecule has 1 N–H and O–H groups in total. The van der Waals surface area contributed by atoms with E-state index in [1.54, 1.807) is 24.3 Å². The zero-order valence-corrected chi connectivity index (χ0v) is 12.6. The molecule has 2 unspecified atom stereocenters. The number of ketones is 1. The van der Waals surface area contributed by atoms with Gasteiger partial charge in [0.1, 0.15) is 11.7 Å². The molecular weight excluding hydrogens is 292 g/mol. The number of hydrogen-bond acceptors (Lipinski definition) is 4. The molecule has 1 aliphatic heterocycles. The maximum atomic E-state index is 12.8. The maximum absolute atomic E-state index is 12.8. The van der Waals surface area contributed by atoms with E-state index in [0.29, 0.717) is 5.56 Å². The number of fused-ring (bicyclic) bond motifs is 1. The highest BCUT2D eigenvalue weighted by molar-refractivity contribution is 6.14. The largest absolute Gasteiger partial charge is 0.513 e. The van der Waals surface area contributed by atoms with E-state index in [0.717, 1.165) is 5.56 Å². The van der Waals surface area contributed by atoms with Gasteiger partial charge in [-0.05, 0) is 30.7 Å². The van der Waals surface area contributed by atoms with Crippen LogP contribution >= 0.6 is 0 Å². The van der Waals surface area contributed by atoms with Gasteiger partial charge in [-0.1, -0.05) is 42.5 Å². The van der Waals surface area contributed by atoms with Crippen molar-refractivity contribution < 1.29 is 19.4 Å². The van der Waals surface area contributed by atoms with E-state index in [9.17, 15) is 14.7 Å². The summed E-state index contributed by atoms with van der Waals surface area (Å²) in [5.74, 6) is -2.12. The minimum absolute atomic E-state index is 0.0540. The molecule has 0 bridgehead atoms. The third-order valence-corrected chi connectivity index (χ3v) is 3.86. The van der Waals surface area contributed by atoms with Crippen LogP contribution in [0, 0.1) is 5.92 Å². The lowest BCUT2D eigenvalue weighted by atomic mass is 9.79. The van der Waals surface area contributed by atoms with E-state index in [4.69, 9.17) is 4.74 Å². The first-order valence-electron chi connectivity index (χ1n) is 7.35. The Hall–Kier alpha value is -2.88. The Morgan fingerprint density at radius 1 is 1.09 bits per heavy atom. The van der Waals surface area contributed by atoms with Crippen molar-refractivity contribution in [1.29, 1.82) is 0 Å². The molecule has 3 rings (SSSR count). The molecule has 0 aromatic heterocycles. The number of allylic oxidation sites excluding steroid dienone is 2. The summed E-state index contributed by atoms with van der Waals surface area (Å²) in [6, 6.07) is 15.9. The fourth-order valence-corrected chi connectivity index (χ4v) is 2.84. The number of aliphatic hydroxyl groups excluding tert-OH is 1. The number of ether oxygens (including phenoxy) is 1. The second kappa shape index (κ2) is 6.08. The first kappa shape index (κ1) is 15.0. The Kier molecular flexibility index (Phi) is 3.98. The van der Waals surface area contributed by atoms with Crippen LogP contribution in [0.3, 0.4) is 0 Å². The molecule has 0 saturated carbocycles. The number of hydrogen-bond donors (Lipinski definition) is 1. The molecule has 4 nitrogen and oxygen atoms in total. The van der Waals surface area contributed by atoms with Crippen LogP contribution in [0.4, 0.5) is 0 Å². The summed E-state index contributed by atoms with van der Waals surface area (Å²) < 4.78 is 5.33. The van der Waals surface area contributed by atoms with E-state index in [-0.39, 0.29) is 17.3 Å². The van der Waals surface area contributed by atoms with Crippen LogP contribution in [0.15, 0.2) is 66.4 Å². The normalized spacial score (nSPS) is 19.0. The minimum Gasteiger partial charge on any atom is -0.513 e. The van der Waals surface area contributed by atoms with Gasteiger partial charge in [0.25, 0.3) is 0 Å². The number of rotatable bonds is 3. The van der Waals surface area contributed by atoms with Gasteiger partial charge in [-0.15, -0.1) is 0 Å². The molecule has 2 aromatic rings. The Morgan fingerprint density at radius 3 is 2.43 bits per heavy atom. The van der Waals surface area contributed by atoms with Crippen molar-refractivity contribution in [2.24, 2.45) is 5.92 Å². The van der Waals surface area contributed by atoms with E-state index < -0.39 is 17.8 Å². The minimum atomic E-state index is -1.01.